The molecule has 0 aliphatic carbocycles. The quantitative estimate of drug-likeness (QED) is 0.248. The van der Waals surface area contributed by atoms with Crippen LogP contribution < -0.4 is 11.5 Å². The van der Waals surface area contributed by atoms with Crippen LogP contribution in [0.15, 0.2) is 58.5 Å². The van der Waals surface area contributed by atoms with E-state index < -0.39 is 30.8 Å². The fourth-order valence-electron chi connectivity index (χ4n) is 2.63. The molecule has 0 heterocycles. The van der Waals surface area contributed by atoms with Crippen LogP contribution in [-0.4, -0.2) is 43.0 Å². The van der Waals surface area contributed by atoms with E-state index in [-0.39, 0.29) is 24.2 Å². The summed E-state index contributed by atoms with van der Waals surface area (Å²) in [5, 5.41) is 0. The number of hydrogen-bond acceptors (Lipinski definition) is 10. The highest BCUT2D eigenvalue weighted by Gasteiger charge is 2.19. The van der Waals surface area contributed by atoms with Crippen molar-refractivity contribution in [3.05, 3.63) is 59.7 Å². The highest BCUT2D eigenvalue weighted by Crippen LogP contribution is 2.28. The van der Waals surface area contributed by atoms with Gasteiger partial charge in [-0.3, -0.25) is 9.59 Å². The average molecular weight is 424 g/mol. The van der Waals surface area contributed by atoms with Crippen LogP contribution in [0.4, 0.5) is 11.4 Å². The van der Waals surface area contributed by atoms with Gasteiger partial charge in [0.25, 0.3) is 0 Å². The van der Waals surface area contributed by atoms with Crippen LogP contribution in [0, 0.1) is 0 Å². The van der Waals surface area contributed by atoms with Crippen LogP contribution in [0.2, 0.25) is 0 Å². The minimum atomic E-state index is -1.08. The lowest BCUT2D eigenvalue weighted by Crippen LogP contribution is -2.37. The van der Waals surface area contributed by atoms with E-state index in [2.05, 4.69) is 9.98 Å². The van der Waals surface area contributed by atoms with E-state index in [0.29, 0.717) is 5.56 Å². The normalized spacial score (nSPS) is 11.9. The molecule has 0 fully saturated rings. The predicted molar refractivity (Wildman–Crippen MR) is 109 cm³/mol. The van der Waals surface area contributed by atoms with E-state index in [4.69, 9.17) is 20.9 Å². The minimum absolute atomic E-state index is 0.0345. The van der Waals surface area contributed by atoms with E-state index in [9.17, 15) is 19.2 Å². The van der Waals surface area contributed by atoms with Crippen LogP contribution in [0.1, 0.15) is 11.1 Å². The number of carbonyl (C=O) groups excluding carboxylic acids is 4. The number of isocyanates is 2. The molecule has 0 aliphatic heterocycles. The molecule has 2 aromatic rings. The van der Waals surface area contributed by atoms with Gasteiger partial charge < -0.3 is 20.9 Å². The zero-order valence-corrected chi connectivity index (χ0v) is 16.4. The van der Waals surface area contributed by atoms with Gasteiger partial charge in [0.1, 0.15) is 23.5 Å². The van der Waals surface area contributed by atoms with Crippen molar-refractivity contribution < 1.29 is 28.7 Å². The summed E-state index contributed by atoms with van der Waals surface area (Å²) in [6.07, 6.45) is 3.02. The van der Waals surface area contributed by atoms with Crippen molar-refractivity contribution >= 4 is 35.5 Å². The van der Waals surface area contributed by atoms with Gasteiger partial charge in [0, 0.05) is 0 Å². The molecule has 4 N–H and O–H groups in total. The molecule has 2 atom stereocenters. The standard InChI is InChI=1S/C21H20N4O6/c22-16(8-14-4-2-1-3-5-14)20(28)30-13-31-21(29)17(23)9-15-6-7-18(24-11-26)19(10-15)25-12-27/h1-7,10,16-17H,8-9,13,22-23H2. The van der Waals surface area contributed by atoms with Crippen LogP contribution >= 0.6 is 0 Å². The number of carbonyl (C=O) groups is 2. The summed E-state index contributed by atoms with van der Waals surface area (Å²) in [5.41, 5.74) is 13.2. The third kappa shape index (κ3) is 7.43. The summed E-state index contributed by atoms with van der Waals surface area (Å²) in [6.45, 7) is -0.623. The molecule has 0 aliphatic rings. The molecule has 0 radical (unpaired) electrons. The third-order valence-electron chi connectivity index (χ3n) is 4.13. The van der Waals surface area contributed by atoms with Crippen LogP contribution in [0.3, 0.4) is 0 Å². The van der Waals surface area contributed by atoms with E-state index >= 15 is 0 Å². The monoisotopic (exact) mass is 424 g/mol. The van der Waals surface area contributed by atoms with Gasteiger partial charge in [-0.05, 0) is 36.1 Å². The van der Waals surface area contributed by atoms with Crippen molar-refractivity contribution in [2.24, 2.45) is 21.5 Å². The Morgan fingerprint density at radius 1 is 0.806 bits per heavy atom. The first-order valence-corrected chi connectivity index (χ1v) is 9.11. The largest absolute Gasteiger partial charge is 0.427 e. The molecule has 31 heavy (non-hydrogen) atoms. The average Bonchev–Trinajstić information content (AvgIpc) is 2.76. The molecule has 0 saturated heterocycles. The molecular formula is C21H20N4O6. The fraction of sp³-hybridized carbons (Fsp3) is 0.238. The second-order valence-electron chi connectivity index (χ2n) is 6.38. The number of nitrogens with zero attached hydrogens (tertiary/aromatic N) is 2. The molecular weight excluding hydrogens is 404 g/mol. The summed E-state index contributed by atoms with van der Waals surface area (Å²) < 4.78 is 9.74. The smallest absolute Gasteiger partial charge is 0.326 e. The highest BCUT2D eigenvalue weighted by atomic mass is 16.7. The molecule has 0 amide bonds. The minimum Gasteiger partial charge on any atom is -0.427 e. The molecule has 0 bridgehead atoms. The van der Waals surface area contributed by atoms with Gasteiger partial charge in [0.2, 0.25) is 19.0 Å². The topological polar surface area (TPSA) is 164 Å². The first-order chi connectivity index (χ1) is 14.9. The Bertz CT molecular complexity index is 1010. The Balaban J connectivity index is 1.84. The maximum atomic E-state index is 12.0. The molecule has 160 valence electrons. The van der Waals surface area contributed by atoms with Gasteiger partial charge in [0.15, 0.2) is 0 Å². The van der Waals surface area contributed by atoms with Gasteiger partial charge >= 0.3 is 11.9 Å². The zero-order chi connectivity index (χ0) is 22.6. The second-order valence-corrected chi connectivity index (χ2v) is 6.38. The lowest BCUT2D eigenvalue weighted by Gasteiger charge is -2.14. The molecule has 0 aromatic heterocycles. The predicted octanol–water partition coefficient (Wildman–Crippen LogP) is 1.10. The maximum absolute atomic E-state index is 12.0. The van der Waals surface area contributed by atoms with Crippen molar-refractivity contribution in [1.29, 1.82) is 0 Å². The number of rotatable bonds is 10. The van der Waals surface area contributed by atoms with E-state index in [1.165, 1.54) is 24.3 Å². The summed E-state index contributed by atoms with van der Waals surface area (Å²) in [4.78, 5) is 51.8. The summed E-state index contributed by atoms with van der Waals surface area (Å²) in [6, 6.07) is 11.6. The number of ether oxygens (including phenoxy) is 2. The Hall–Kier alpha value is -3.94. The van der Waals surface area contributed by atoms with Gasteiger partial charge in [-0.25, -0.2) is 9.59 Å². The number of aliphatic imine (C=N–C) groups is 2. The van der Waals surface area contributed by atoms with Gasteiger partial charge in [-0.2, -0.15) is 9.98 Å². The number of esters is 2. The van der Waals surface area contributed by atoms with Crippen LogP contribution in [-0.2, 0) is 41.5 Å². The molecule has 10 heteroatoms. The number of benzene rings is 2. The van der Waals surface area contributed by atoms with E-state index in [1.54, 1.807) is 6.07 Å². The molecule has 2 rings (SSSR count). The number of hydrogen-bond donors (Lipinski definition) is 2. The second kappa shape index (κ2) is 11.9. The van der Waals surface area contributed by atoms with E-state index in [0.717, 1.165) is 5.56 Å². The molecule has 10 nitrogen and oxygen atoms in total. The number of nitrogens with two attached hydrogens (primary N) is 2. The first kappa shape index (κ1) is 23.3. The van der Waals surface area contributed by atoms with Crippen molar-refractivity contribution in [2.75, 3.05) is 6.79 Å². The van der Waals surface area contributed by atoms with Gasteiger partial charge in [-0.1, -0.05) is 36.4 Å². The van der Waals surface area contributed by atoms with Crippen molar-refractivity contribution in [2.45, 2.75) is 24.9 Å². The van der Waals surface area contributed by atoms with E-state index in [1.807, 2.05) is 30.3 Å². The Morgan fingerprint density at radius 3 is 1.94 bits per heavy atom. The Morgan fingerprint density at radius 2 is 1.35 bits per heavy atom. The molecule has 2 unspecified atom stereocenters. The summed E-state index contributed by atoms with van der Waals surface area (Å²) in [5.74, 6) is -1.52. The van der Waals surface area contributed by atoms with Crippen molar-refractivity contribution in [3.8, 4) is 0 Å². The lowest BCUT2D eigenvalue weighted by atomic mass is 10.1. The van der Waals surface area contributed by atoms with Crippen LogP contribution in [0.25, 0.3) is 0 Å². The Labute approximate surface area is 177 Å². The molecule has 2 aromatic carbocycles. The Kier molecular flexibility index (Phi) is 8.97. The maximum Gasteiger partial charge on any atom is 0.326 e. The zero-order valence-electron chi connectivity index (χ0n) is 16.4. The van der Waals surface area contributed by atoms with Crippen molar-refractivity contribution in [3.63, 3.8) is 0 Å². The molecule has 0 saturated carbocycles. The van der Waals surface area contributed by atoms with Crippen molar-refractivity contribution in [1.82, 2.24) is 0 Å². The first-order valence-electron chi connectivity index (χ1n) is 9.11. The third-order valence-corrected chi connectivity index (χ3v) is 4.13. The lowest BCUT2D eigenvalue weighted by molar-refractivity contribution is -0.169. The van der Waals surface area contributed by atoms with Gasteiger partial charge in [-0.15, -0.1) is 0 Å². The molecule has 0 spiro atoms. The van der Waals surface area contributed by atoms with Gasteiger partial charge in [0.05, 0.1) is 0 Å². The SMILES string of the molecule is NC(Cc1ccccc1)C(=O)OCOC(=O)C(N)Cc1ccc(N=C=O)c(N=C=O)c1. The van der Waals surface area contributed by atoms with Crippen LogP contribution in [0.5, 0.6) is 0 Å². The summed E-state index contributed by atoms with van der Waals surface area (Å²) >= 11 is 0. The summed E-state index contributed by atoms with van der Waals surface area (Å²) in [7, 11) is 0. The highest BCUT2D eigenvalue weighted by molar-refractivity contribution is 5.77. The fourth-order valence-corrected chi connectivity index (χ4v) is 2.63.